The normalized spacial score (nSPS) is 31.5. The molecule has 17 heavy (non-hydrogen) atoms. The summed E-state index contributed by atoms with van der Waals surface area (Å²) in [5.74, 6) is -3.76. The van der Waals surface area contributed by atoms with Crippen LogP contribution in [-0.4, -0.2) is 35.1 Å². The van der Waals surface area contributed by atoms with Gasteiger partial charge < -0.3 is 20.4 Å². The number of aliphatic hydroxyl groups excluding tert-OH is 1. The Morgan fingerprint density at radius 3 is 2.35 bits per heavy atom. The van der Waals surface area contributed by atoms with Gasteiger partial charge in [0.15, 0.2) is 11.5 Å². The van der Waals surface area contributed by atoms with Gasteiger partial charge in [-0.05, 0) is 18.2 Å². The van der Waals surface area contributed by atoms with Gasteiger partial charge in [-0.1, -0.05) is 0 Å². The summed E-state index contributed by atoms with van der Waals surface area (Å²) in [6.45, 7) is 0. The van der Waals surface area contributed by atoms with Crippen molar-refractivity contribution in [1.29, 1.82) is 0 Å². The van der Waals surface area contributed by atoms with Crippen molar-refractivity contribution in [3.8, 4) is 11.5 Å². The first-order valence-corrected chi connectivity index (χ1v) is 5.65. The van der Waals surface area contributed by atoms with Crippen LogP contribution in [0.2, 0.25) is 0 Å². The molecule has 2 rings (SSSR count). The Morgan fingerprint density at radius 2 is 1.88 bits per heavy atom. The monoisotopic (exact) mass is 264 g/mol. The first-order chi connectivity index (χ1) is 7.74. The largest absolute Gasteiger partial charge is 0.504 e. The summed E-state index contributed by atoms with van der Waals surface area (Å²) in [5.41, 5.74) is -0.290. The molecule has 0 amide bonds. The number of aliphatic hydroxyl groups is 2. The highest BCUT2D eigenvalue weighted by Crippen LogP contribution is 2.39. The van der Waals surface area contributed by atoms with Crippen molar-refractivity contribution in [3.63, 3.8) is 0 Å². The van der Waals surface area contributed by atoms with E-state index in [2.05, 4.69) is 8.37 Å². The molecule has 1 heterocycles. The molecule has 1 aliphatic heterocycles. The fraction of sp³-hybridized carbons (Fsp3) is 0.250. The molecule has 2 unspecified atom stereocenters. The summed E-state index contributed by atoms with van der Waals surface area (Å²) in [5, 5.41) is 37.3. The van der Waals surface area contributed by atoms with E-state index in [1.807, 2.05) is 0 Å². The zero-order valence-corrected chi connectivity index (χ0v) is 8.96. The standard InChI is InChI=1S/C8H8O8S/c9-5-2-1-4(3-6(5)10)8(12)7(11)15-17(13,14)16-8/h1-3,7,9-12H. The zero-order valence-electron chi connectivity index (χ0n) is 8.14. The molecule has 1 aromatic rings. The highest BCUT2D eigenvalue weighted by atomic mass is 32.3. The van der Waals surface area contributed by atoms with Crippen molar-refractivity contribution in [2.75, 3.05) is 0 Å². The van der Waals surface area contributed by atoms with Crippen LogP contribution < -0.4 is 0 Å². The maximum Gasteiger partial charge on any atom is 0.405 e. The van der Waals surface area contributed by atoms with Crippen molar-refractivity contribution in [2.45, 2.75) is 12.1 Å². The number of phenols is 2. The van der Waals surface area contributed by atoms with Crippen molar-refractivity contribution in [1.82, 2.24) is 0 Å². The molecule has 0 bridgehead atoms. The minimum absolute atomic E-state index is 0.290. The number of hydrogen-bond donors (Lipinski definition) is 4. The van der Waals surface area contributed by atoms with Crippen LogP contribution in [0.4, 0.5) is 0 Å². The lowest BCUT2D eigenvalue weighted by molar-refractivity contribution is -0.231. The summed E-state index contributed by atoms with van der Waals surface area (Å²) >= 11 is 0. The van der Waals surface area contributed by atoms with Gasteiger partial charge in [-0.3, -0.25) is 0 Å². The fourth-order valence-electron chi connectivity index (χ4n) is 1.33. The van der Waals surface area contributed by atoms with E-state index in [9.17, 15) is 23.7 Å². The van der Waals surface area contributed by atoms with Gasteiger partial charge in [-0.15, -0.1) is 0 Å². The van der Waals surface area contributed by atoms with Gasteiger partial charge in [0.05, 0.1) is 0 Å². The van der Waals surface area contributed by atoms with Gasteiger partial charge >= 0.3 is 10.4 Å². The lowest BCUT2D eigenvalue weighted by Crippen LogP contribution is -2.36. The van der Waals surface area contributed by atoms with Crippen LogP contribution in [0.1, 0.15) is 5.56 Å². The summed E-state index contributed by atoms with van der Waals surface area (Å²) < 4.78 is 30.0. The minimum Gasteiger partial charge on any atom is -0.504 e. The predicted octanol–water partition coefficient (Wildman–Crippen LogP) is -1.15. The predicted molar refractivity (Wildman–Crippen MR) is 50.8 cm³/mol. The zero-order chi connectivity index (χ0) is 12.8. The second-order valence-corrected chi connectivity index (χ2v) is 4.52. The van der Waals surface area contributed by atoms with Crippen LogP contribution in [0.5, 0.6) is 11.5 Å². The maximum absolute atomic E-state index is 10.9. The second kappa shape index (κ2) is 3.55. The van der Waals surface area contributed by atoms with Crippen LogP contribution in [-0.2, 0) is 24.6 Å². The lowest BCUT2D eigenvalue weighted by Gasteiger charge is -2.21. The van der Waals surface area contributed by atoms with E-state index in [0.29, 0.717) is 0 Å². The fourth-order valence-corrected chi connectivity index (χ4v) is 2.21. The summed E-state index contributed by atoms with van der Waals surface area (Å²) in [6.07, 6.45) is -2.17. The summed E-state index contributed by atoms with van der Waals surface area (Å²) in [7, 11) is -4.52. The van der Waals surface area contributed by atoms with Crippen LogP contribution in [0, 0.1) is 0 Å². The Bertz CT molecular complexity index is 553. The summed E-state index contributed by atoms with van der Waals surface area (Å²) in [4.78, 5) is 0. The molecule has 1 fully saturated rings. The smallest absolute Gasteiger partial charge is 0.405 e. The van der Waals surface area contributed by atoms with Gasteiger partial charge in [0, 0.05) is 5.56 Å². The van der Waals surface area contributed by atoms with Crippen LogP contribution in [0.3, 0.4) is 0 Å². The van der Waals surface area contributed by atoms with E-state index >= 15 is 0 Å². The first-order valence-electron chi connectivity index (χ1n) is 4.31. The van der Waals surface area contributed by atoms with Gasteiger partial charge in [0.2, 0.25) is 6.29 Å². The van der Waals surface area contributed by atoms with E-state index in [1.54, 1.807) is 0 Å². The van der Waals surface area contributed by atoms with Crippen molar-refractivity contribution >= 4 is 10.4 Å². The van der Waals surface area contributed by atoms with Crippen LogP contribution in [0.15, 0.2) is 18.2 Å². The molecule has 4 N–H and O–H groups in total. The van der Waals surface area contributed by atoms with E-state index in [4.69, 9.17) is 5.11 Å². The molecule has 94 valence electrons. The first kappa shape index (κ1) is 12.1. The molecule has 0 radical (unpaired) electrons. The Hall–Kier alpha value is -1.39. The molecule has 0 aliphatic carbocycles. The Kier molecular flexibility index (Phi) is 2.52. The van der Waals surface area contributed by atoms with E-state index in [-0.39, 0.29) is 5.56 Å². The Labute approximate surface area is 95.6 Å². The topological polar surface area (TPSA) is 134 Å². The number of rotatable bonds is 1. The van der Waals surface area contributed by atoms with E-state index in [1.165, 1.54) is 0 Å². The van der Waals surface area contributed by atoms with Gasteiger partial charge in [0.1, 0.15) is 0 Å². The minimum atomic E-state index is -4.52. The number of aromatic hydroxyl groups is 2. The SMILES string of the molecule is O=S1(=O)OC(O)C(O)(c2ccc(O)c(O)c2)O1. The highest BCUT2D eigenvalue weighted by molar-refractivity contribution is 7.82. The lowest BCUT2D eigenvalue weighted by atomic mass is 10.1. The second-order valence-electron chi connectivity index (χ2n) is 3.34. The molecule has 8 nitrogen and oxygen atoms in total. The molecule has 1 aliphatic rings. The van der Waals surface area contributed by atoms with Crippen molar-refractivity contribution in [2.24, 2.45) is 0 Å². The van der Waals surface area contributed by atoms with E-state index < -0.39 is 34.0 Å². The molecule has 2 atom stereocenters. The quantitative estimate of drug-likeness (QED) is 0.467. The third-order valence-electron chi connectivity index (χ3n) is 2.16. The van der Waals surface area contributed by atoms with Gasteiger partial charge in [0.25, 0.3) is 5.79 Å². The number of benzene rings is 1. The number of hydrogen-bond acceptors (Lipinski definition) is 8. The molecular weight excluding hydrogens is 256 g/mol. The van der Waals surface area contributed by atoms with Crippen LogP contribution >= 0.6 is 0 Å². The maximum atomic E-state index is 10.9. The molecule has 1 saturated heterocycles. The van der Waals surface area contributed by atoms with Crippen LogP contribution in [0.25, 0.3) is 0 Å². The van der Waals surface area contributed by atoms with Crippen molar-refractivity contribution in [3.05, 3.63) is 23.8 Å². The summed E-state index contributed by atoms with van der Waals surface area (Å²) in [6, 6.07) is 2.88. The third kappa shape index (κ3) is 1.94. The Balaban J connectivity index is 2.49. The highest BCUT2D eigenvalue weighted by Gasteiger charge is 2.53. The molecule has 0 aromatic heterocycles. The van der Waals surface area contributed by atoms with Gasteiger partial charge in [-0.2, -0.15) is 8.42 Å². The molecular formula is C8H8O8S. The molecule has 0 saturated carbocycles. The third-order valence-corrected chi connectivity index (χ3v) is 3.04. The average Bonchev–Trinajstić information content (AvgIpc) is 2.41. The number of phenolic OH excluding ortho intramolecular Hbond substituents is 2. The average molecular weight is 264 g/mol. The van der Waals surface area contributed by atoms with E-state index in [0.717, 1.165) is 18.2 Å². The van der Waals surface area contributed by atoms with Gasteiger partial charge in [-0.25, -0.2) is 8.37 Å². The molecule has 1 aromatic carbocycles. The Morgan fingerprint density at radius 1 is 1.24 bits per heavy atom. The van der Waals surface area contributed by atoms with Crippen molar-refractivity contribution < 1.29 is 37.2 Å². The molecule has 9 heteroatoms. The molecule has 0 spiro atoms.